The summed E-state index contributed by atoms with van der Waals surface area (Å²) in [6.45, 7) is 4.26. The predicted octanol–water partition coefficient (Wildman–Crippen LogP) is 1.42. The summed E-state index contributed by atoms with van der Waals surface area (Å²) in [7, 11) is -3.58. The quantitative estimate of drug-likeness (QED) is 0.829. The molecule has 0 fully saturated rings. The van der Waals surface area contributed by atoms with Crippen LogP contribution in [0, 0.1) is 0 Å². The van der Waals surface area contributed by atoms with E-state index in [4.69, 9.17) is 5.73 Å². The maximum Gasteiger partial charge on any atom is 0.240 e. The first-order valence-corrected chi connectivity index (χ1v) is 8.96. The number of nitrogens with zero attached hydrogens (tertiary/aromatic N) is 1. The second kappa shape index (κ2) is 8.10. The highest BCUT2D eigenvalue weighted by Gasteiger charge is 2.23. The average molecular weight is 362 g/mol. The number of fused-ring (bicyclic) bond motifs is 1. The number of rotatable bonds is 5. The topological polar surface area (TPSA) is 92.5 Å². The van der Waals surface area contributed by atoms with Gasteiger partial charge in [-0.1, -0.05) is 6.07 Å². The van der Waals surface area contributed by atoms with E-state index in [1.807, 2.05) is 6.92 Å². The standard InChI is InChI=1S/C15H23N3O3S.ClH/c1-11(16)7-8-17-22(20,21)14-6-5-13-4-3-9-18(12(2)19)15(13)10-14;/h5-6,10-11,17H,3-4,7-9,16H2,1-2H3;1H. The van der Waals surface area contributed by atoms with Crippen LogP contribution < -0.4 is 15.4 Å². The van der Waals surface area contributed by atoms with Gasteiger partial charge in [0.1, 0.15) is 0 Å². The van der Waals surface area contributed by atoms with Crippen molar-refractivity contribution in [1.29, 1.82) is 0 Å². The minimum Gasteiger partial charge on any atom is -0.328 e. The zero-order valence-corrected chi connectivity index (χ0v) is 15.0. The second-order valence-electron chi connectivity index (χ2n) is 5.73. The molecule has 8 heteroatoms. The van der Waals surface area contributed by atoms with Gasteiger partial charge >= 0.3 is 0 Å². The van der Waals surface area contributed by atoms with Gasteiger partial charge in [-0.2, -0.15) is 0 Å². The van der Waals surface area contributed by atoms with Gasteiger partial charge in [-0.25, -0.2) is 13.1 Å². The molecule has 1 aliphatic rings. The highest BCUT2D eigenvalue weighted by atomic mass is 35.5. The van der Waals surface area contributed by atoms with Crippen LogP contribution in [0.4, 0.5) is 5.69 Å². The van der Waals surface area contributed by atoms with Crippen molar-refractivity contribution in [2.75, 3.05) is 18.0 Å². The minimum atomic E-state index is -3.58. The van der Waals surface area contributed by atoms with Crippen molar-refractivity contribution in [2.24, 2.45) is 5.73 Å². The molecule has 1 atom stereocenters. The van der Waals surface area contributed by atoms with Crippen molar-refractivity contribution in [3.05, 3.63) is 23.8 Å². The number of hydrogen-bond donors (Lipinski definition) is 2. The van der Waals surface area contributed by atoms with Crippen molar-refractivity contribution in [3.8, 4) is 0 Å². The van der Waals surface area contributed by atoms with Crippen LogP contribution in [0.1, 0.15) is 32.3 Å². The number of nitrogens with one attached hydrogen (secondary N) is 1. The van der Waals surface area contributed by atoms with E-state index in [1.54, 1.807) is 23.1 Å². The Bertz CT molecular complexity index is 662. The summed E-state index contributed by atoms with van der Waals surface area (Å²) in [5.74, 6) is -0.0691. The lowest BCUT2D eigenvalue weighted by atomic mass is 10.0. The lowest BCUT2D eigenvalue weighted by Crippen LogP contribution is -2.34. The maximum atomic E-state index is 12.3. The SMILES string of the molecule is CC(=O)N1CCCc2ccc(S(=O)(=O)NCCC(C)N)cc21.Cl. The Morgan fingerprint density at radius 1 is 1.43 bits per heavy atom. The summed E-state index contributed by atoms with van der Waals surface area (Å²) in [6, 6.07) is 4.92. The molecule has 0 saturated heterocycles. The fourth-order valence-corrected chi connectivity index (χ4v) is 3.62. The monoisotopic (exact) mass is 361 g/mol. The van der Waals surface area contributed by atoms with Gasteiger partial charge in [0.15, 0.2) is 0 Å². The summed E-state index contributed by atoms with van der Waals surface area (Å²) in [6.07, 6.45) is 2.33. The number of carbonyl (C=O) groups excluding carboxylic acids is 1. The molecule has 0 radical (unpaired) electrons. The first kappa shape index (κ1) is 19.9. The fourth-order valence-electron chi connectivity index (χ4n) is 2.55. The molecule has 2 rings (SSSR count). The van der Waals surface area contributed by atoms with Crippen LogP contribution in [-0.2, 0) is 21.2 Å². The van der Waals surface area contributed by atoms with Crippen molar-refractivity contribution >= 4 is 34.0 Å². The van der Waals surface area contributed by atoms with Gasteiger partial charge < -0.3 is 10.6 Å². The van der Waals surface area contributed by atoms with Crippen molar-refractivity contribution in [2.45, 2.75) is 44.0 Å². The lowest BCUT2D eigenvalue weighted by Gasteiger charge is -2.29. The van der Waals surface area contributed by atoms with Gasteiger partial charge in [0.25, 0.3) is 0 Å². The summed E-state index contributed by atoms with van der Waals surface area (Å²) >= 11 is 0. The molecule has 6 nitrogen and oxygen atoms in total. The number of amides is 1. The molecule has 3 N–H and O–H groups in total. The van der Waals surface area contributed by atoms with E-state index in [1.165, 1.54) is 6.92 Å². The van der Waals surface area contributed by atoms with Crippen LogP contribution in [-0.4, -0.2) is 33.5 Å². The number of hydrogen-bond acceptors (Lipinski definition) is 4. The van der Waals surface area contributed by atoms with E-state index in [-0.39, 0.29) is 29.3 Å². The number of aryl methyl sites for hydroxylation is 1. The van der Waals surface area contributed by atoms with Gasteiger partial charge in [0.05, 0.1) is 4.90 Å². The molecule has 1 aromatic carbocycles. The number of carbonyl (C=O) groups is 1. The van der Waals surface area contributed by atoms with Crippen LogP contribution in [0.25, 0.3) is 0 Å². The summed E-state index contributed by atoms with van der Waals surface area (Å²) < 4.78 is 27.2. The van der Waals surface area contributed by atoms with Crippen LogP contribution in [0.2, 0.25) is 0 Å². The molecule has 0 saturated carbocycles. The molecular weight excluding hydrogens is 338 g/mol. The number of halogens is 1. The normalized spacial score (nSPS) is 15.5. The molecule has 0 aliphatic carbocycles. The molecule has 0 spiro atoms. The van der Waals surface area contributed by atoms with E-state index >= 15 is 0 Å². The molecule has 1 aliphatic heterocycles. The second-order valence-corrected chi connectivity index (χ2v) is 7.50. The Morgan fingerprint density at radius 3 is 2.74 bits per heavy atom. The maximum absolute atomic E-state index is 12.3. The van der Waals surface area contributed by atoms with Crippen LogP contribution in [0.3, 0.4) is 0 Å². The first-order valence-electron chi connectivity index (χ1n) is 7.47. The number of sulfonamides is 1. The Hall–Kier alpha value is -1.15. The van der Waals surface area contributed by atoms with Gasteiger partial charge in [0.2, 0.25) is 15.9 Å². The van der Waals surface area contributed by atoms with E-state index in [9.17, 15) is 13.2 Å². The zero-order valence-electron chi connectivity index (χ0n) is 13.4. The molecule has 1 aromatic rings. The Morgan fingerprint density at radius 2 is 2.13 bits per heavy atom. The van der Waals surface area contributed by atoms with Gasteiger partial charge in [0, 0.05) is 31.7 Å². The molecule has 0 aromatic heterocycles. The highest BCUT2D eigenvalue weighted by molar-refractivity contribution is 7.89. The van der Waals surface area contributed by atoms with E-state index in [0.717, 1.165) is 18.4 Å². The summed E-state index contributed by atoms with van der Waals surface area (Å²) in [5, 5.41) is 0. The van der Waals surface area contributed by atoms with E-state index in [2.05, 4.69) is 4.72 Å². The molecule has 23 heavy (non-hydrogen) atoms. The van der Waals surface area contributed by atoms with Crippen molar-refractivity contribution in [1.82, 2.24) is 4.72 Å². The highest BCUT2D eigenvalue weighted by Crippen LogP contribution is 2.29. The molecule has 1 unspecified atom stereocenters. The largest absolute Gasteiger partial charge is 0.328 e. The van der Waals surface area contributed by atoms with Crippen molar-refractivity contribution in [3.63, 3.8) is 0 Å². The van der Waals surface area contributed by atoms with Gasteiger partial charge in [-0.15, -0.1) is 12.4 Å². The van der Waals surface area contributed by atoms with Crippen LogP contribution in [0.15, 0.2) is 23.1 Å². The molecule has 0 bridgehead atoms. The van der Waals surface area contributed by atoms with E-state index < -0.39 is 10.0 Å². The molecule has 1 heterocycles. The number of nitrogens with two attached hydrogens (primary N) is 1. The summed E-state index contributed by atoms with van der Waals surface area (Å²) in [5.41, 5.74) is 7.34. The van der Waals surface area contributed by atoms with E-state index in [0.29, 0.717) is 25.2 Å². The molecule has 130 valence electrons. The number of benzene rings is 1. The predicted molar refractivity (Wildman–Crippen MR) is 93.5 cm³/mol. The fraction of sp³-hybridized carbons (Fsp3) is 0.533. The van der Waals surface area contributed by atoms with Gasteiger partial charge in [-0.05, 0) is 43.9 Å². The Labute approximate surface area is 143 Å². The van der Waals surface area contributed by atoms with Crippen molar-refractivity contribution < 1.29 is 13.2 Å². The van der Waals surface area contributed by atoms with Gasteiger partial charge in [-0.3, -0.25) is 4.79 Å². The molecule has 1 amide bonds. The average Bonchev–Trinajstić information content (AvgIpc) is 2.45. The Kier molecular flexibility index (Phi) is 7.01. The first-order chi connectivity index (χ1) is 10.3. The third-order valence-corrected chi connectivity index (χ3v) is 5.22. The van der Waals surface area contributed by atoms with Crippen LogP contribution >= 0.6 is 12.4 Å². The molecular formula is C15H24ClN3O3S. The smallest absolute Gasteiger partial charge is 0.240 e. The third kappa shape index (κ3) is 4.91. The van der Waals surface area contributed by atoms with Crippen LogP contribution in [0.5, 0.6) is 0 Å². The summed E-state index contributed by atoms with van der Waals surface area (Å²) in [4.78, 5) is 13.5. The zero-order chi connectivity index (χ0) is 16.3. The minimum absolute atomic E-state index is 0. The number of anilines is 1. The Balaban J connectivity index is 0.00000264. The third-order valence-electron chi connectivity index (χ3n) is 3.76. The lowest BCUT2D eigenvalue weighted by molar-refractivity contribution is -0.116.